The monoisotopic (exact) mass is 365 g/mol. The Bertz CT molecular complexity index is 983. The van der Waals surface area contributed by atoms with Crippen molar-refractivity contribution in [1.29, 1.82) is 0 Å². The molecule has 0 aliphatic heterocycles. The number of fused-ring (bicyclic) bond motifs is 1. The molecule has 1 N–H and O–H groups in total. The molecule has 3 aromatic rings. The van der Waals surface area contributed by atoms with E-state index in [1.165, 1.54) is 6.07 Å². The predicted molar refractivity (Wildman–Crippen MR) is 102 cm³/mol. The molecule has 0 spiro atoms. The number of rotatable bonds is 7. The topological polar surface area (TPSA) is 94.4 Å². The van der Waals surface area contributed by atoms with Crippen LogP contribution in [0.25, 0.3) is 10.9 Å². The lowest BCUT2D eigenvalue weighted by Crippen LogP contribution is -2.25. The lowest BCUT2D eigenvalue weighted by atomic mass is 10.1. The van der Waals surface area contributed by atoms with E-state index >= 15 is 0 Å². The largest absolute Gasteiger partial charge is 0.491 e. The van der Waals surface area contributed by atoms with Crippen LogP contribution in [0, 0.1) is 17.0 Å². The number of carbonyl (C=O) groups excluding carboxylic acids is 1. The van der Waals surface area contributed by atoms with E-state index in [-0.39, 0.29) is 17.2 Å². The van der Waals surface area contributed by atoms with Crippen LogP contribution in [0.15, 0.2) is 54.7 Å². The zero-order valence-electron chi connectivity index (χ0n) is 14.8. The van der Waals surface area contributed by atoms with Gasteiger partial charge in [0.15, 0.2) is 0 Å². The van der Waals surface area contributed by atoms with E-state index in [1.54, 1.807) is 25.3 Å². The standard InChI is InChI=1S/C20H19N3O4/c1-14-8-9-16(13-17(14)23(25)26)20(24)22-11-4-12-27-18-7-2-5-15-6-3-10-21-19(15)18/h2-3,5-10,13H,4,11-12H2,1H3,(H,22,24). The summed E-state index contributed by atoms with van der Waals surface area (Å²) in [5, 5.41) is 14.7. The molecule has 0 unspecified atom stereocenters. The summed E-state index contributed by atoms with van der Waals surface area (Å²) in [5.74, 6) is 0.360. The summed E-state index contributed by atoms with van der Waals surface area (Å²) < 4.78 is 5.77. The number of hydrogen-bond acceptors (Lipinski definition) is 5. The molecule has 1 heterocycles. The minimum atomic E-state index is -0.488. The maximum Gasteiger partial charge on any atom is 0.273 e. The van der Waals surface area contributed by atoms with Crippen molar-refractivity contribution in [2.24, 2.45) is 0 Å². The molecule has 138 valence electrons. The molecular formula is C20H19N3O4. The molecule has 0 radical (unpaired) electrons. The number of nitro groups is 1. The van der Waals surface area contributed by atoms with Gasteiger partial charge in [-0.25, -0.2) is 0 Å². The number of amides is 1. The number of benzene rings is 2. The first kappa shape index (κ1) is 18.3. The van der Waals surface area contributed by atoms with Crippen molar-refractivity contribution in [3.63, 3.8) is 0 Å². The summed E-state index contributed by atoms with van der Waals surface area (Å²) in [7, 11) is 0. The van der Waals surface area contributed by atoms with Crippen molar-refractivity contribution >= 4 is 22.5 Å². The van der Waals surface area contributed by atoms with Gasteiger partial charge in [-0.05, 0) is 31.5 Å². The summed E-state index contributed by atoms with van der Waals surface area (Å²) in [6.45, 7) is 2.46. The first-order valence-electron chi connectivity index (χ1n) is 8.56. The number of aromatic nitrogens is 1. The third-order valence-electron chi connectivity index (χ3n) is 4.13. The van der Waals surface area contributed by atoms with Crippen molar-refractivity contribution in [1.82, 2.24) is 10.3 Å². The first-order valence-corrected chi connectivity index (χ1v) is 8.56. The quantitative estimate of drug-likeness (QED) is 0.392. The number of ether oxygens (including phenoxy) is 1. The number of aryl methyl sites for hydroxylation is 1. The fourth-order valence-electron chi connectivity index (χ4n) is 2.70. The fourth-order valence-corrected chi connectivity index (χ4v) is 2.70. The second-order valence-corrected chi connectivity index (χ2v) is 6.05. The van der Waals surface area contributed by atoms with Gasteiger partial charge in [-0.15, -0.1) is 0 Å². The Hall–Kier alpha value is -3.48. The van der Waals surface area contributed by atoms with E-state index in [9.17, 15) is 14.9 Å². The first-order chi connectivity index (χ1) is 13.1. The van der Waals surface area contributed by atoms with Crippen LogP contribution < -0.4 is 10.1 Å². The van der Waals surface area contributed by atoms with Crippen LogP contribution in [-0.2, 0) is 0 Å². The van der Waals surface area contributed by atoms with Gasteiger partial charge in [-0.2, -0.15) is 0 Å². The van der Waals surface area contributed by atoms with E-state index < -0.39 is 4.92 Å². The van der Waals surface area contributed by atoms with E-state index in [2.05, 4.69) is 10.3 Å². The molecule has 27 heavy (non-hydrogen) atoms. The maximum atomic E-state index is 12.2. The average molecular weight is 365 g/mol. The smallest absolute Gasteiger partial charge is 0.273 e. The zero-order valence-corrected chi connectivity index (χ0v) is 14.8. The molecule has 0 saturated heterocycles. The van der Waals surface area contributed by atoms with Crippen LogP contribution in [0.3, 0.4) is 0 Å². The highest BCUT2D eigenvalue weighted by Gasteiger charge is 2.14. The fraction of sp³-hybridized carbons (Fsp3) is 0.200. The zero-order chi connectivity index (χ0) is 19.2. The Kier molecular flexibility index (Phi) is 5.61. The number of hydrogen-bond donors (Lipinski definition) is 1. The van der Waals surface area contributed by atoms with Crippen LogP contribution in [0.5, 0.6) is 5.75 Å². The molecule has 0 aliphatic rings. The molecule has 2 aromatic carbocycles. The van der Waals surface area contributed by atoms with Crippen molar-refractivity contribution in [3.05, 3.63) is 76.0 Å². The number of para-hydroxylation sites is 1. The lowest BCUT2D eigenvalue weighted by molar-refractivity contribution is -0.385. The highest BCUT2D eigenvalue weighted by atomic mass is 16.6. The minimum Gasteiger partial charge on any atom is -0.491 e. The molecule has 0 bridgehead atoms. The normalized spacial score (nSPS) is 10.6. The molecule has 0 atom stereocenters. The average Bonchev–Trinajstić information content (AvgIpc) is 2.67. The molecular weight excluding hydrogens is 346 g/mol. The minimum absolute atomic E-state index is 0.0607. The SMILES string of the molecule is Cc1ccc(C(=O)NCCCOc2cccc3cccnc23)cc1[N+](=O)[O-]. The van der Waals surface area contributed by atoms with Crippen molar-refractivity contribution < 1.29 is 14.5 Å². The summed E-state index contributed by atoms with van der Waals surface area (Å²) >= 11 is 0. The van der Waals surface area contributed by atoms with Crippen molar-refractivity contribution in [2.45, 2.75) is 13.3 Å². The predicted octanol–water partition coefficient (Wildman–Crippen LogP) is 3.65. The summed E-state index contributed by atoms with van der Waals surface area (Å²) in [4.78, 5) is 27.0. The van der Waals surface area contributed by atoms with Gasteiger partial charge in [-0.1, -0.05) is 24.3 Å². The molecule has 0 saturated carbocycles. The summed E-state index contributed by atoms with van der Waals surface area (Å²) in [6.07, 6.45) is 2.32. The molecule has 1 amide bonds. The van der Waals surface area contributed by atoms with E-state index in [0.29, 0.717) is 30.9 Å². The van der Waals surface area contributed by atoms with Gasteiger partial charge < -0.3 is 10.1 Å². The third kappa shape index (κ3) is 4.38. The van der Waals surface area contributed by atoms with Gasteiger partial charge >= 0.3 is 0 Å². The number of nitro benzene ring substituents is 1. The summed E-state index contributed by atoms with van der Waals surface area (Å²) in [6, 6.07) is 14.0. The highest BCUT2D eigenvalue weighted by Crippen LogP contribution is 2.23. The molecule has 0 aliphatic carbocycles. The Morgan fingerprint density at radius 1 is 1.22 bits per heavy atom. The van der Waals surface area contributed by atoms with Gasteiger partial charge in [0, 0.05) is 35.3 Å². The Balaban J connectivity index is 1.51. The summed E-state index contributed by atoms with van der Waals surface area (Å²) in [5.41, 5.74) is 1.53. The Morgan fingerprint density at radius 3 is 2.85 bits per heavy atom. The van der Waals surface area contributed by atoms with Crippen LogP contribution in [0.4, 0.5) is 5.69 Å². The van der Waals surface area contributed by atoms with Crippen LogP contribution >= 0.6 is 0 Å². The van der Waals surface area contributed by atoms with E-state index in [4.69, 9.17) is 4.74 Å². The Labute approximate surface area is 156 Å². The second kappa shape index (κ2) is 8.27. The number of carbonyl (C=O) groups is 1. The second-order valence-electron chi connectivity index (χ2n) is 6.05. The van der Waals surface area contributed by atoms with Crippen molar-refractivity contribution in [3.8, 4) is 5.75 Å². The van der Waals surface area contributed by atoms with Gasteiger partial charge in [0.05, 0.1) is 11.5 Å². The van der Waals surface area contributed by atoms with Gasteiger partial charge in [0.1, 0.15) is 11.3 Å². The molecule has 3 rings (SSSR count). The lowest BCUT2D eigenvalue weighted by Gasteiger charge is -2.09. The number of nitrogens with zero attached hydrogens (tertiary/aromatic N) is 2. The van der Waals surface area contributed by atoms with Crippen LogP contribution in [0.2, 0.25) is 0 Å². The van der Waals surface area contributed by atoms with Gasteiger partial charge in [0.2, 0.25) is 0 Å². The van der Waals surface area contributed by atoms with Crippen molar-refractivity contribution in [2.75, 3.05) is 13.2 Å². The number of pyridine rings is 1. The van der Waals surface area contributed by atoms with E-state index in [1.807, 2.05) is 30.3 Å². The molecule has 0 fully saturated rings. The number of nitrogens with one attached hydrogen (secondary N) is 1. The van der Waals surface area contributed by atoms with Gasteiger partial charge in [-0.3, -0.25) is 19.9 Å². The van der Waals surface area contributed by atoms with Crippen LogP contribution in [0.1, 0.15) is 22.3 Å². The molecule has 1 aromatic heterocycles. The highest BCUT2D eigenvalue weighted by molar-refractivity contribution is 5.95. The van der Waals surface area contributed by atoms with E-state index in [0.717, 1.165) is 10.9 Å². The molecule has 7 nitrogen and oxygen atoms in total. The molecule has 7 heteroatoms. The Morgan fingerprint density at radius 2 is 2.04 bits per heavy atom. The maximum absolute atomic E-state index is 12.2. The van der Waals surface area contributed by atoms with Crippen LogP contribution in [-0.4, -0.2) is 29.0 Å². The van der Waals surface area contributed by atoms with Gasteiger partial charge in [0.25, 0.3) is 11.6 Å². The third-order valence-corrected chi connectivity index (χ3v) is 4.13.